The van der Waals surface area contributed by atoms with Crippen LogP contribution in [0, 0.1) is 11.3 Å². The molecule has 1 aliphatic carbocycles. The Labute approximate surface area is 351 Å². The first-order valence-corrected chi connectivity index (χ1v) is 21.9. The maximum Gasteiger partial charge on any atom is 0.410 e. The lowest BCUT2D eigenvalue weighted by molar-refractivity contribution is 0.0237. The van der Waals surface area contributed by atoms with Gasteiger partial charge in [0.15, 0.2) is 0 Å². The Morgan fingerprint density at radius 2 is 1.21 bits per heavy atom. The second-order valence-corrected chi connectivity index (χ2v) is 20.3. The zero-order chi connectivity index (χ0) is 42.0. The Morgan fingerprint density at radius 3 is 1.81 bits per heavy atom. The fraction of sp³-hybridized carbons (Fsp3) is 0.674. The number of amides is 3. The van der Waals surface area contributed by atoms with Gasteiger partial charge in [0.2, 0.25) is 0 Å². The molecule has 2 aromatic carbocycles. The molecule has 12 heteroatoms. The molecule has 0 unspecified atom stereocenters. The van der Waals surface area contributed by atoms with Gasteiger partial charge in [-0.3, -0.25) is 4.79 Å². The molecule has 2 aromatic rings. The highest BCUT2D eigenvalue weighted by molar-refractivity contribution is 6.31. The van der Waals surface area contributed by atoms with Crippen molar-refractivity contribution in [2.24, 2.45) is 11.3 Å². The summed E-state index contributed by atoms with van der Waals surface area (Å²) in [6.07, 6.45) is 5.79. The molecular weight excluding hydrogens is 756 g/mol. The van der Waals surface area contributed by atoms with Crippen LogP contribution in [0.4, 0.5) is 15.3 Å². The Morgan fingerprint density at radius 1 is 0.621 bits per heavy atom. The molecule has 11 nitrogen and oxygen atoms in total. The molecule has 0 radical (unpaired) electrons. The molecule has 1 saturated carbocycles. The van der Waals surface area contributed by atoms with E-state index in [2.05, 4.69) is 31.7 Å². The molecule has 3 aliphatic heterocycles. The molecule has 0 N–H and O–H groups in total. The molecule has 0 spiro atoms. The first-order chi connectivity index (χ1) is 27.2. The highest BCUT2D eigenvalue weighted by atomic mass is 35.5. The Hall–Kier alpha value is -3.86. The van der Waals surface area contributed by atoms with Gasteiger partial charge in [-0.2, -0.15) is 0 Å². The largest absolute Gasteiger partial charge is 0.490 e. The van der Waals surface area contributed by atoms with E-state index in [1.165, 1.54) is 0 Å². The lowest BCUT2D eigenvalue weighted by Crippen LogP contribution is -2.50. The van der Waals surface area contributed by atoms with E-state index in [0.717, 1.165) is 49.1 Å². The Kier molecular flexibility index (Phi) is 13.4. The zero-order valence-electron chi connectivity index (χ0n) is 36.4. The monoisotopic (exact) mass is 822 g/mol. The number of rotatable bonds is 7. The summed E-state index contributed by atoms with van der Waals surface area (Å²) >= 11 is 6.59. The molecule has 3 saturated heterocycles. The molecule has 4 fully saturated rings. The molecule has 0 bridgehead atoms. The van der Waals surface area contributed by atoms with Crippen LogP contribution in [0.3, 0.4) is 0 Å². The second kappa shape index (κ2) is 17.8. The van der Waals surface area contributed by atoms with Crippen LogP contribution in [0.2, 0.25) is 5.02 Å². The number of piperidine rings is 1. The van der Waals surface area contributed by atoms with Gasteiger partial charge in [0.25, 0.3) is 5.91 Å². The number of hydrogen-bond acceptors (Lipinski definition) is 8. The van der Waals surface area contributed by atoms with Crippen molar-refractivity contribution in [2.45, 2.75) is 137 Å². The van der Waals surface area contributed by atoms with Crippen LogP contribution in [0.15, 0.2) is 36.4 Å². The molecule has 0 aromatic heterocycles. The lowest BCUT2D eigenvalue weighted by atomic mass is 9.68. The summed E-state index contributed by atoms with van der Waals surface area (Å²) in [5.41, 5.74) is 1.94. The fourth-order valence-electron chi connectivity index (χ4n) is 8.70. The molecule has 320 valence electrons. The van der Waals surface area contributed by atoms with E-state index in [0.29, 0.717) is 93.4 Å². The number of hydrogen-bond donors (Lipinski definition) is 0. The van der Waals surface area contributed by atoms with Crippen LogP contribution in [0.1, 0.15) is 129 Å². The van der Waals surface area contributed by atoms with Crippen molar-refractivity contribution in [3.05, 3.63) is 52.5 Å². The van der Waals surface area contributed by atoms with Crippen LogP contribution in [-0.2, 0) is 9.47 Å². The number of halogens is 1. The lowest BCUT2D eigenvalue weighted by Gasteiger charge is -2.37. The topological polar surface area (TPSA) is 101 Å². The molecule has 58 heavy (non-hydrogen) atoms. The minimum atomic E-state index is -0.551. The first kappa shape index (κ1) is 43.7. The van der Waals surface area contributed by atoms with Gasteiger partial charge in [-0.15, -0.1) is 0 Å². The SMILES string of the molecule is CC(C)(C)OC(=O)N1CCN(c2cc(Cl)cc(OC3CCN(C(=O)c4ccc(O[C@H]5CCN(C(=O)OC(C)(C)C)C5)c([C@H]5CC[C@H](C(C)(C)C)CC5)c4)CC3)c2)CC1. The van der Waals surface area contributed by atoms with E-state index in [4.69, 9.17) is 30.5 Å². The Bertz CT molecular complexity index is 1760. The predicted octanol–water partition coefficient (Wildman–Crippen LogP) is 9.79. The number of carbonyl (C=O) groups excluding carboxylic acids is 3. The van der Waals surface area contributed by atoms with E-state index in [1.807, 2.05) is 76.8 Å². The number of piperazine rings is 1. The quantitative estimate of drug-likeness (QED) is 0.272. The van der Waals surface area contributed by atoms with Crippen molar-refractivity contribution >= 4 is 35.4 Å². The van der Waals surface area contributed by atoms with Crippen molar-refractivity contribution in [3.8, 4) is 11.5 Å². The minimum Gasteiger partial charge on any atom is -0.490 e. The maximum atomic E-state index is 14.1. The average molecular weight is 824 g/mol. The Balaban J connectivity index is 1.07. The minimum absolute atomic E-state index is 0.0298. The van der Waals surface area contributed by atoms with Crippen molar-refractivity contribution in [1.29, 1.82) is 0 Å². The highest BCUT2D eigenvalue weighted by Gasteiger charge is 2.35. The van der Waals surface area contributed by atoms with Crippen molar-refractivity contribution in [2.75, 3.05) is 57.3 Å². The first-order valence-electron chi connectivity index (χ1n) is 21.5. The van der Waals surface area contributed by atoms with Gasteiger partial charge in [-0.25, -0.2) is 9.59 Å². The number of anilines is 1. The van der Waals surface area contributed by atoms with E-state index in [9.17, 15) is 14.4 Å². The van der Waals surface area contributed by atoms with Crippen LogP contribution < -0.4 is 14.4 Å². The third-order valence-corrected chi connectivity index (χ3v) is 12.1. The molecule has 1 atom stereocenters. The summed E-state index contributed by atoms with van der Waals surface area (Å²) in [5.74, 6) is 2.53. The van der Waals surface area contributed by atoms with Gasteiger partial charge >= 0.3 is 12.2 Å². The number of ether oxygens (including phenoxy) is 4. The third-order valence-electron chi connectivity index (χ3n) is 11.9. The number of benzene rings is 2. The summed E-state index contributed by atoms with van der Waals surface area (Å²) in [5, 5.41) is 0.595. The van der Waals surface area contributed by atoms with Gasteiger partial charge in [-0.05, 0) is 120 Å². The van der Waals surface area contributed by atoms with Gasteiger partial charge in [0, 0.05) is 87.4 Å². The molecule has 3 amide bonds. The maximum absolute atomic E-state index is 14.1. The summed E-state index contributed by atoms with van der Waals surface area (Å²) in [6.45, 7) is 23.0. The summed E-state index contributed by atoms with van der Waals surface area (Å²) < 4.78 is 24.4. The van der Waals surface area contributed by atoms with Crippen LogP contribution in [-0.4, -0.2) is 109 Å². The van der Waals surface area contributed by atoms with Crippen molar-refractivity contribution < 1.29 is 33.3 Å². The van der Waals surface area contributed by atoms with E-state index in [-0.39, 0.29) is 35.7 Å². The van der Waals surface area contributed by atoms with Crippen LogP contribution in [0.25, 0.3) is 0 Å². The van der Waals surface area contributed by atoms with Crippen molar-refractivity contribution in [1.82, 2.24) is 14.7 Å². The number of carbonyl (C=O) groups is 3. The predicted molar refractivity (Wildman–Crippen MR) is 228 cm³/mol. The summed E-state index contributed by atoms with van der Waals surface area (Å²) in [7, 11) is 0. The highest BCUT2D eigenvalue weighted by Crippen LogP contribution is 2.46. The average Bonchev–Trinajstić information content (AvgIpc) is 3.62. The number of nitrogens with zero attached hydrogens (tertiary/aromatic N) is 4. The van der Waals surface area contributed by atoms with Gasteiger partial charge in [-0.1, -0.05) is 32.4 Å². The third kappa shape index (κ3) is 11.7. The van der Waals surface area contributed by atoms with E-state index in [1.54, 1.807) is 9.80 Å². The van der Waals surface area contributed by atoms with Gasteiger partial charge in [0.05, 0.1) is 6.54 Å². The summed E-state index contributed by atoms with van der Waals surface area (Å²) in [4.78, 5) is 47.1. The molecule has 3 heterocycles. The van der Waals surface area contributed by atoms with Gasteiger partial charge in [0.1, 0.15) is 34.9 Å². The molecular formula is C46H67ClN4O7. The normalized spacial score (nSPS) is 22.5. The standard InChI is InChI=1S/C46H67ClN4O7/c1-44(2,3)33-13-10-31(11-14-33)39-26-32(12-15-40(39)56-37-18-21-51(30-37)43(54)58-46(7,8)9)41(52)49-19-16-36(17-20-49)55-38-28-34(47)27-35(29-38)48-22-24-50(25-23-48)42(53)57-45(4,5)6/h12,15,26-29,31,33,36-37H,10-11,13-14,16-25,30H2,1-9H3/t31-,33-,37-/m0/s1. The van der Waals surface area contributed by atoms with Gasteiger partial charge < -0.3 is 38.5 Å². The molecule has 6 rings (SSSR count). The van der Waals surface area contributed by atoms with Crippen LogP contribution >= 0.6 is 11.6 Å². The smallest absolute Gasteiger partial charge is 0.410 e. The molecule has 4 aliphatic rings. The van der Waals surface area contributed by atoms with Crippen LogP contribution in [0.5, 0.6) is 11.5 Å². The second-order valence-electron chi connectivity index (χ2n) is 19.8. The van der Waals surface area contributed by atoms with E-state index >= 15 is 0 Å². The summed E-state index contributed by atoms with van der Waals surface area (Å²) in [6, 6.07) is 11.8. The van der Waals surface area contributed by atoms with Crippen molar-refractivity contribution in [3.63, 3.8) is 0 Å². The zero-order valence-corrected chi connectivity index (χ0v) is 37.2. The fourth-order valence-corrected chi connectivity index (χ4v) is 8.92. The number of likely N-dealkylation sites (tertiary alicyclic amines) is 2. The van der Waals surface area contributed by atoms with E-state index < -0.39 is 11.2 Å².